The average molecular weight is 398 g/mol. The molecule has 122 valence electrons. The first-order chi connectivity index (χ1) is 10.6. The molecular weight excluding hydrogens is 382 g/mol. The molecule has 0 fully saturated rings. The van der Waals surface area contributed by atoms with Crippen molar-refractivity contribution in [2.75, 3.05) is 0 Å². The molecule has 0 spiro atoms. The Morgan fingerprint density at radius 1 is 1.26 bits per heavy atom. The summed E-state index contributed by atoms with van der Waals surface area (Å²) in [5, 5.41) is 18.7. The summed E-state index contributed by atoms with van der Waals surface area (Å²) < 4.78 is 1.78. The maximum Gasteiger partial charge on any atom is 0.269 e. The summed E-state index contributed by atoms with van der Waals surface area (Å²) in [7, 11) is 0. The van der Waals surface area contributed by atoms with E-state index in [2.05, 4.69) is 0 Å². The number of Topliss-reactive ketones (excluding diaryl/α,β-unsaturated/α-hetero) is 1. The van der Waals surface area contributed by atoms with Crippen LogP contribution in [0, 0.1) is 15.5 Å². The number of non-ortho nitro benzene ring substituents is 1. The Balaban J connectivity index is 0.00000192. The van der Waals surface area contributed by atoms with E-state index in [-0.39, 0.29) is 35.0 Å². The molecule has 0 radical (unpaired) electrons. The number of benzene rings is 1. The number of hydrogen-bond donors (Lipinski definition) is 1. The number of nitrogens with zero attached hydrogens (tertiary/aromatic N) is 2. The lowest BCUT2D eigenvalue weighted by Gasteiger charge is -2.14. The fourth-order valence-electron chi connectivity index (χ4n) is 2.72. The monoisotopic (exact) mass is 397 g/mol. The van der Waals surface area contributed by atoms with Gasteiger partial charge in [-0.3, -0.25) is 20.3 Å². The third kappa shape index (κ3) is 3.59. The lowest BCUT2D eigenvalue weighted by Crippen LogP contribution is -2.22. The molecule has 1 aliphatic rings. The van der Waals surface area contributed by atoms with Crippen LogP contribution in [-0.4, -0.2) is 15.3 Å². The molecule has 0 saturated carbocycles. The van der Waals surface area contributed by atoms with Gasteiger partial charge in [0.1, 0.15) is 0 Å². The number of nitrogens with one attached hydrogen (secondary N) is 1. The van der Waals surface area contributed by atoms with Crippen molar-refractivity contribution in [1.29, 1.82) is 5.41 Å². The van der Waals surface area contributed by atoms with Gasteiger partial charge in [-0.05, 0) is 37.8 Å². The first-order valence-electron chi connectivity index (χ1n) is 7.10. The fraction of sp³-hybridized carbons (Fsp3) is 0.333. The van der Waals surface area contributed by atoms with Crippen molar-refractivity contribution in [3.05, 3.63) is 55.3 Å². The molecule has 0 bridgehead atoms. The van der Waals surface area contributed by atoms with Crippen molar-refractivity contribution in [3.63, 3.8) is 0 Å². The summed E-state index contributed by atoms with van der Waals surface area (Å²) >= 11 is 1.45. The van der Waals surface area contributed by atoms with E-state index in [1.165, 1.54) is 40.5 Å². The van der Waals surface area contributed by atoms with Gasteiger partial charge in [-0.25, -0.2) is 0 Å². The number of halogens is 1. The summed E-state index contributed by atoms with van der Waals surface area (Å²) in [6, 6.07) is 5.62. The molecule has 8 heteroatoms. The second-order valence-electron chi connectivity index (χ2n) is 5.30. The zero-order chi connectivity index (χ0) is 15.7. The van der Waals surface area contributed by atoms with Crippen molar-refractivity contribution >= 4 is 39.8 Å². The Kier molecular flexibility index (Phi) is 5.48. The fourth-order valence-corrected chi connectivity index (χ4v) is 3.82. The number of carbonyl (C=O) groups is 1. The summed E-state index contributed by atoms with van der Waals surface area (Å²) in [4.78, 5) is 24.1. The lowest BCUT2D eigenvalue weighted by molar-refractivity contribution is -0.384. The highest BCUT2D eigenvalue weighted by atomic mass is 79.9. The number of ketones is 1. The van der Waals surface area contributed by atoms with E-state index >= 15 is 0 Å². The molecule has 1 aliphatic carbocycles. The number of rotatable bonds is 4. The third-order valence-electron chi connectivity index (χ3n) is 3.88. The predicted octanol–water partition coefficient (Wildman–Crippen LogP) is 3.28. The van der Waals surface area contributed by atoms with Gasteiger partial charge in [0.2, 0.25) is 0 Å². The van der Waals surface area contributed by atoms with Crippen LogP contribution in [0.3, 0.4) is 0 Å². The zero-order valence-corrected chi connectivity index (χ0v) is 14.8. The second kappa shape index (κ2) is 7.18. The van der Waals surface area contributed by atoms with Crippen LogP contribution in [0.15, 0.2) is 24.3 Å². The van der Waals surface area contributed by atoms with E-state index in [1.54, 1.807) is 4.57 Å². The number of aromatic nitrogens is 1. The van der Waals surface area contributed by atoms with E-state index in [0.29, 0.717) is 10.4 Å². The molecule has 6 nitrogen and oxygen atoms in total. The minimum atomic E-state index is -0.486. The Labute approximate surface area is 147 Å². The topological polar surface area (TPSA) is 89.0 Å². The van der Waals surface area contributed by atoms with Gasteiger partial charge in [0.05, 0.1) is 11.5 Å². The number of nitro groups is 1. The number of fused-ring (bicyclic) bond motifs is 1. The van der Waals surface area contributed by atoms with Crippen molar-refractivity contribution in [1.82, 2.24) is 4.57 Å². The van der Waals surface area contributed by atoms with Crippen LogP contribution in [-0.2, 0) is 19.4 Å². The van der Waals surface area contributed by atoms with Gasteiger partial charge in [0.25, 0.3) is 5.69 Å². The molecule has 2 aromatic rings. The maximum absolute atomic E-state index is 12.4. The minimum Gasteiger partial charge on any atom is -0.313 e. The van der Waals surface area contributed by atoms with E-state index < -0.39 is 4.92 Å². The minimum absolute atomic E-state index is 0. The number of nitro benzene ring substituents is 1. The van der Waals surface area contributed by atoms with Gasteiger partial charge in [0.15, 0.2) is 10.6 Å². The quantitative estimate of drug-likeness (QED) is 0.487. The smallest absolute Gasteiger partial charge is 0.269 e. The maximum atomic E-state index is 12.4. The molecule has 0 atom stereocenters. The first kappa shape index (κ1) is 17.6. The molecule has 1 heterocycles. The molecule has 1 aromatic carbocycles. The number of aryl methyl sites for hydroxylation is 1. The van der Waals surface area contributed by atoms with Gasteiger partial charge < -0.3 is 4.57 Å². The standard InChI is InChI=1S/C15H15N3O3S.BrH/c16-15-17(12-3-1-2-4-14(12)22-15)9-13(19)10-5-7-11(8-6-10)18(20)21;/h5-8,16H,1-4,9H2;1H. The molecule has 0 aliphatic heterocycles. The Hall–Kier alpha value is -1.80. The van der Waals surface area contributed by atoms with Crippen LogP contribution in [0.4, 0.5) is 5.69 Å². The third-order valence-corrected chi connectivity index (χ3v) is 4.98. The van der Waals surface area contributed by atoms with Gasteiger partial charge in [-0.1, -0.05) is 0 Å². The Morgan fingerprint density at radius 3 is 2.57 bits per heavy atom. The van der Waals surface area contributed by atoms with Gasteiger partial charge in [0, 0.05) is 28.3 Å². The number of thiazole rings is 1. The zero-order valence-electron chi connectivity index (χ0n) is 12.3. The Bertz CT molecular complexity index is 795. The highest BCUT2D eigenvalue weighted by Gasteiger charge is 2.19. The van der Waals surface area contributed by atoms with Crippen LogP contribution in [0.25, 0.3) is 0 Å². The van der Waals surface area contributed by atoms with Crippen molar-refractivity contribution < 1.29 is 9.72 Å². The van der Waals surface area contributed by atoms with E-state index in [0.717, 1.165) is 31.4 Å². The van der Waals surface area contributed by atoms with Crippen molar-refractivity contribution in [2.45, 2.75) is 32.2 Å². The molecule has 0 saturated heterocycles. The van der Waals surface area contributed by atoms with Crippen LogP contribution >= 0.6 is 28.3 Å². The van der Waals surface area contributed by atoms with E-state index in [4.69, 9.17) is 5.41 Å². The van der Waals surface area contributed by atoms with Crippen LogP contribution in [0.2, 0.25) is 0 Å². The summed E-state index contributed by atoms with van der Waals surface area (Å²) in [6.07, 6.45) is 4.14. The predicted molar refractivity (Wildman–Crippen MR) is 92.6 cm³/mol. The highest BCUT2D eigenvalue weighted by molar-refractivity contribution is 8.93. The van der Waals surface area contributed by atoms with E-state index in [1.807, 2.05) is 0 Å². The second-order valence-corrected chi connectivity index (χ2v) is 6.38. The molecule has 1 N–H and O–H groups in total. The van der Waals surface area contributed by atoms with E-state index in [9.17, 15) is 14.9 Å². The lowest BCUT2D eigenvalue weighted by atomic mass is 10.0. The molecule has 1 aromatic heterocycles. The number of hydrogen-bond acceptors (Lipinski definition) is 5. The SMILES string of the molecule is Br.N=c1sc2c(n1CC(=O)c1ccc([N+](=O)[O-])cc1)CCCC2. The normalized spacial score (nSPS) is 13.0. The average Bonchev–Trinajstić information content (AvgIpc) is 2.83. The first-order valence-corrected chi connectivity index (χ1v) is 7.91. The molecule has 3 rings (SSSR count). The largest absolute Gasteiger partial charge is 0.313 e. The molecule has 0 amide bonds. The molecule has 23 heavy (non-hydrogen) atoms. The molecule has 0 unspecified atom stereocenters. The number of carbonyl (C=O) groups excluding carboxylic acids is 1. The summed E-state index contributed by atoms with van der Waals surface area (Å²) in [5.41, 5.74) is 1.52. The van der Waals surface area contributed by atoms with Crippen LogP contribution < -0.4 is 4.80 Å². The van der Waals surface area contributed by atoms with Gasteiger partial charge in [-0.2, -0.15) is 0 Å². The van der Waals surface area contributed by atoms with Crippen LogP contribution in [0.1, 0.15) is 33.8 Å². The van der Waals surface area contributed by atoms with Gasteiger partial charge >= 0.3 is 0 Å². The van der Waals surface area contributed by atoms with Gasteiger partial charge in [-0.15, -0.1) is 28.3 Å². The Morgan fingerprint density at radius 2 is 1.91 bits per heavy atom. The summed E-state index contributed by atoms with van der Waals surface area (Å²) in [5.74, 6) is -0.125. The van der Waals surface area contributed by atoms with Crippen molar-refractivity contribution in [3.8, 4) is 0 Å². The molecular formula is C15H16BrN3O3S. The highest BCUT2D eigenvalue weighted by Crippen LogP contribution is 2.23. The summed E-state index contributed by atoms with van der Waals surface area (Å²) in [6.45, 7) is 0.127. The van der Waals surface area contributed by atoms with Crippen LogP contribution in [0.5, 0.6) is 0 Å². The van der Waals surface area contributed by atoms with Crippen molar-refractivity contribution in [2.24, 2.45) is 0 Å².